The van der Waals surface area contributed by atoms with Gasteiger partial charge in [-0.25, -0.2) is 0 Å². The zero-order chi connectivity index (χ0) is 61.5. The molecule has 0 spiro atoms. The van der Waals surface area contributed by atoms with Crippen molar-refractivity contribution in [2.75, 3.05) is 19.6 Å². The van der Waals surface area contributed by atoms with E-state index in [1.165, 1.54) is 0 Å². The fourth-order valence-corrected chi connectivity index (χ4v) is 14.6. The second kappa shape index (κ2) is 21.9. The van der Waals surface area contributed by atoms with Crippen LogP contribution in [-0.2, 0) is 0 Å². The molecule has 0 saturated heterocycles. The third kappa shape index (κ3) is 8.74. The van der Waals surface area contributed by atoms with Crippen molar-refractivity contribution in [1.82, 2.24) is 0 Å². The second-order valence-electron chi connectivity index (χ2n) is 23.8. The van der Waals surface area contributed by atoms with Crippen LogP contribution in [0.15, 0.2) is 336 Å². The zero-order valence-electron chi connectivity index (χ0n) is 50.3. The molecule has 18 rings (SSSR count). The summed E-state index contributed by atoms with van der Waals surface area (Å²) in [5.74, 6) is 0. The Labute approximate surface area is 538 Å². The molecule has 0 fully saturated rings. The second-order valence-corrected chi connectivity index (χ2v) is 23.8. The van der Waals surface area contributed by atoms with E-state index in [9.17, 15) is 5.26 Å². The number of nitriles is 1. The van der Waals surface area contributed by atoms with Crippen molar-refractivity contribution in [2.24, 2.45) is 0 Å². The molecule has 2 aromatic heterocycles. The van der Waals surface area contributed by atoms with Gasteiger partial charge in [-0.1, -0.05) is 182 Å². The van der Waals surface area contributed by atoms with E-state index in [1.54, 1.807) is 0 Å². The number of hydrogen-bond acceptors (Lipinski definition) is 7. The quantitative estimate of drug-likeness (QED) is 0.120. The van der Waals surface area contributed by atoms with Gasteiger partial charge < -0.3 is 28.4 Å². The van der Waals surface area contributed by atoms with E-state index in [4.69, 9.17) is 8.83 Å². The first kappa shape index (κ1) is 53.5. The van der Waals surface area contributed by atoms with Gasteiger partial charge in [-0.2, -0.15) is 5.26 Å². The average Bonchev–Trinajstić information content (AvgIpc) is 1.66. The summed E-state index contributed by atoms with van der Waals surface area (Å²) in [7, 11) is 0. The Bertz CT molecular complexity index is 5490. The molecule has 0 saturated carbocycles. The number of para-hydroxylation sites is 6. The molecule has 0 aliphatic carbocycles. The molecule has 14 aromatic carbocycles. The number of nitrogens with zero attached hydrogens (tertiary/aromatic N) is 5. The molecule has 434 valence electrons. The minimum atomic E-state index is -0.458. The Morgan fingerprint density at radius 1 is 0.301 bits per heavy atom. The molecule has 0 bridgehead atoms. The maximum Gasteiger partial charge on any atom is 0.261 e. The zero-order valence-corrected chi connectivity index (χ0v) is 50.3. The van der Waals surface area contributed by atoms with Crippen molar-refractivity contribution in [3.8, 4) is 39.4 Å². The lowest BCUT2D eigenvalue weighted by Gasteiger charge is -2.44. The molecule has 0 radical (unpaired) electrons. The first-order valence-corrected chi connectivity index (χ1v) is 31.5. The Balaban J connectivity index is 0.976. The van der Waals surface area contributed by atoms with Crippen LogP contribution in [0.3, 0.4) is 0 Å². The Morgan fingerprint density at radius 2 is 0.634 bits per heavy atom. The SMILES string of the molecule is N#Cc1ccc(-c2cc3c(c4oc5ccccc5c24)B2c4c(cc(-c5ccccc5)cc4N3c3ccc(N(c4ccccc4)c4ccccc4)cc3)N(c3ccc(N(c4ccccc4)c4ccccc4)cc3)c3cc(-c4ccccc4)c4c(oc5ccccc54)c32)cc1. The maximum atomic E-state index is 10.2. The Hall–Kier alpha value is -12.6. The summed E-state index contributed by atoms with van der Waals surface area (Å²) in [6.07, 6.45) is 0. The van der Waals surface area contributed by atoms with Gasteiger partial charge in [-0.15, -0.1) is 0 Å². The minimum absolute atomic E-state index is 0.458. The molecular weight excluding hydrogens is 1130 g/mol. The van der Waals surface area contributed by atoms with Crippen molar-refractivity contribution in [3.05, 3.63) is 333 Å². The van der Waals surface area contributed by atoms with Gasteiger partial charge in [0, 0.05) is 89.8 Å². The largest absolute Gasteiger partial charge is 0.456 e. The van der Waals surface area contributed by atoms with E-state index in [-0.39, 0.29) is 0 Å². The highest BCUT2D eigenvalue weighted by atomic mass is 16.3. The molecule has 4 heterocycles. The van der Waals surface area contributed by atoms with E-state index in [0.717, 1.165) is 162 Å². The number of hydrogen-bond donors (Lipinski definition) is 0. The lowest BCUT2D eigenvalue weighted by molar-refractivity contribution is 0.671. The van der Waals surface area contributed by atoms with E-state index >= 15 is 0 Å². The van der Waals surface area contributed by atoms with Crippen LogP contribution in [-0.4, -0.2) is 6.71 Å². The van der Waals surface area contributed by atoms with Gasteiger partial charge in [0.2, 0.25) is 0 Å². The smallest absolute Gasteiger partial charge is 0.261 e. The highest BCUT2D eigenvalue weighted by Crippen LogP contribution is 2.53. The number of rotatable bonds is 11. The number of furan rings is 2. The number of fused-ring (bicyclic) bond motifs is 12. The predicted molar refractivity (Wildman–Crippen MR) is 385 cm³/mol. The summed E-state index contributed by atoms with van der Waals surface area (Å²) in [5, 5.41) is 14.3. The lowest BCUT2D eigenvalue weighted by Crippen LogP contribution is -2.61. The van der Waals surface area contributed by atoms with Gasteiger partial charge in [0.05, 0.1) is 11.6 Å². The molecule has 0 amide bonds. The summed E-state index contributed by atoms with van der Waals surface area (Å²) in [5.41, 5.74) is 25.4. The van der Waals surface area contributed by atoms with Crippen molar-refractivity contribution in [1.29, 1.82) is 5.26 Å². The Morgan fingerprint density at radius 3 is 1.03 bits per heavy atom. The summed E-state index contributed by atoms with van der Waals surface area (Å²) < 4.78 is 15.1. The standard InChI is InChI=1S/C85H54BN5O2/c87-55-56-39-41-59(42-40-56)72-54-76-83(85-80(72)70-36-20-22-38-78(70)93-85)86-81-73(51-60(57-23-7-1-8-24-57)52-74(81)91(76)68-49-45-66(46-50-68)89(63-31-15-5-16-32-63)64-33-17-6-18-34-64)90(67-47-43-65(44-48-67)88(61-27-11-3-12-28-61)62-29-13-4-14-30-62)75-53-71(58-25-9-2-10-26-58)79-69-35-19-21-37-77(69)92-84(79)82(75)86/h1-54H. The molecule has 2 aliphatic heterocycles. The first-order valence-electron chi connectivity index (χ1n) is 31.5. The van der Waals surface area contributed by atoms with Crippen LogP contribution < -0.4 is 36.0 Å². The molecule has 0 unspecified atom stereocenters. The van der Waals surface area contributed by atoms with Crippen LogP contribution in [0.2, 0.25) is 0 Å². The molecule has 16 aromatic rings. The van der Waals surface area contributed by atoms with Crippen LogP contribution in [0.25, 0.3) is 77.3 Å². The molecule has 7 nitrogen and oxygen atoms in total. The monoisotopic (exact) mass is 1190 g/mol. The van der Waals surface area contributed by atoms with Gasteiger partial charge in [0.25, 0.3) is 6.71 Å². The third-order valence-corrected chi connectivity index (χ3v) is 18.6. The maximum absolute atomic E-state index is 10.2. The van der Waals surface area contributed by atoms with Crippen LogP contribution in [0, 0.1) is 11.3 Å². The fourth-order valence-electron chi connectivity index (χ4n) is 14.6. The lowest BCUT2D eigenvalue weighted by atomic mass is 9.33. The van der Waals surface area contributed by atoms with Crippen molar-refractivity contribution < 1.29 is 8.83 Å². The molecule has 93 heavy (non-hydrogen) atoms. The normalized spacial score (nSPS) is 12.2. The topological polar surface area (TPSA) is 63.0 Å². The summed E-state index contributed by atoms with van der Waals surface area (Å²) >= 11 is 0. The molecule has 0 atom stereocenters. The third-order valence-electron chi connectivity index (χ3n) is 18.6. The summed E-state index contributed by atoms with van der Waals surface area (Å²) in [6.45, 7) is -0.458. The molecule has 0 N–H and O–H groups in total. The number of benzene rings is 14. The number of anilines is 12. The molecular formula is C85H54BN5O2. The summed E-state index contributed by atoms with van der Waals surface area (Å²) in [4.78, 5) is 9.61. The van der Waals surface area contributed by atoms with Gasteiger partial charge in [-0.3, -0.25) is 0 Å². The van der Waals surface area contributed by atoms with Crippen LogP contribution in [0.5, 0.6) is 0 Å². The highest BCUT2D eigenvalue weighted by molar-refractivity contribution is 7.03. The van der Waals surface area contributed by atoms with Gasteiger partial charge in [0.15, 0.2) is 0 Å². The van der Waals surface area contributed by atoms with Gasteiger partial charge >= 0.3 is 0 Å². The molecule has 2 aliphatic rings. The highest BCUT2D eigenvalue weighted by Gasteiger charge is 2.48. The average molecular weight is 1190 g/mol. The summed E-state index contributed by atoms with van der Waals surface area (Å²) in [6, 6.07) is 119. The Kier molecular flexibility index (Phi) is 12.6. The van der Waals surface area contributed by atoms with Crippen molar-refractivity contribution in [3.63, 3.8) is 0 Å². The fraction of sp³-hybridized carbons (Fsp3) is 0. The van der Waals surface area contributed by atoms with Crippen LogP contribution in [0.4, 0.5) is 68.2 Å². The van der Waals surface area contributed by atoms with E-state index < -0.39 is 6.71 Å². The van der Waals surface area contributed by atoms with Crippen LogP contribution >= 0.6 is 0 Å². The van der Waals surface area contributed by atoms with E-state index in [1.807, 2.05) is 12.1 Å². The van der Waals surface area contributed by atoms with Gasteiger partial charge in [-0.05, 0) is 195 Å². The van der Waals surface area contributed by atoms with Gasteiger partial charge in [0.1, 0.15) is 22.3 Å². The first-order chi connectivity index (χ1) is 46.1. The van der Waals surface area contributed by atoms with E-state index in [2.05, 4.69) is 341 Å². The van der Waals surface area contributed by atoms with Crippen molar-refractivity contribution >= 4 is 135 Å². The van der Waals surface area contributed by atoms with Crippen molar-refractivity contribution in [2.45, 2.75) is 0 Å². The predicted octanol–water partition coefficient (Wildman–Crippen LogP) is 21.4. The molecule has 8 heteroatoms. The van der Waals surface area contributed by atoms with E-state index in [0.29, 0.717) is 5.56 Å². The minimum Gasteiger partial charge on any atom is -0.456 e. The van der Waals surface area contributed by atoms with Crippen LogP contribution in [0.1, 0.15) is 5.56 Å².